The minimum Gasteiger partial charge on any atom is -0.478 e. The first kappa shape index (κ1) is 21.1. The first-order valence-electron chi connectivity index (χ1n) is 7.38. The van der Waals surface area contributed by atoms with Crippen LogP contribution in [0.4, 0.5) is 0 Å². The normalized spacial score (nSPS) is 12.6. The molecular formula is C15H24O8. The van der Waals surface area contributed by atoms with Crippen LogP contribution < -0.4 is 0 Å². The van der Waals surface area contributed by atoms with Gasteiger partial charge in [0, 0.05) is 31.3 Å². The minimum absolute atomic E-state index is 0.0523. The van der Waals surface area contributed by atoms with E-state index in [4.69, 9.17) is 24.1 Å². The number of rotatable bonds is 12. The molecule has 0 rings (SSSR count). The third-order valence-electron chi connectivity index (χ3n) is 2.57. The standard InChI is InChI=1S/C15H24O8/c1-4-20-7-6-12(10-13(16)17)15(19)23-11(3)14(18)22-9-8-21-5-2/h10-11H,4-9H2,1-3H3,(H,16,17)/b12-10-/t11-/m1/s1. The van der Waals surface area contributed by atoms with Crippen LogP contribution in [-0.4, -0.2) is 62.2 Å². The van der Waals surface area contributed by atoms with Gasteiger partial charge in [0.25, 0.3) is 0 Å². The molecule has 0 saturated carbocycles. The summed E-state index contributed by atoms with van der Waals surface area (Å²) >= 11 is 0. The number of esters is 2. The van der Waals surface area contributed by atoms with Gasteiger partial charge in [-0.05, 0) is 20.8 Å². The van der Waals surface area contributed by atoms with Crippen LogP contribution in [0, 0.1) is 0 Å². The SMILES string of the molecule is CCOCCOC(=O)[C@@H](C)OC(=O)/C(=C\C(=O)O)CCOCC. The zero-order chi connectivity index (χ0) is 17.7. The van der Waals surface area contributed by atoms with Gasteiger partial charge < -0.3 is 24.1 Å². The lowest BCUT2D eigenvalue weighted by Crippen LogP contribution is -2.28. The van der Waals surface area contributed by atoms with Crippen molar-refractivity contribution in [2.45, 2.75) is 33.3 Å². The Morgan fingerprint density at radius 1 is 1.04 bits per heavy atom. The van der Waals surface area contributed by atoms with Crippen LogP contribution in [-0.2, 0) is 33.3 Å². The first-order chi connectivity index (χ1) is 10.9. The van der Waals surface area contributed by atoms with Gasteiger partial charge in [-0.15, -0.1) is 0 Å². The van der Waals surface area contributed by atoms with Crippen molar-refractivity contribution in [3.8, 4) is 0 Å². The Kier molecular flexibility index (Phi) is 11.5. The number of carboxylic acid groups (broad SMARTS) is 1. The Labute approximate surface area is 135 Å². The molecule has 0 radical (unpaired) electrons. The van der Waals surface area contributed by atoms with Gasteiger partial charge in [-0.1, -0.05) is 0 Å². The summed E-state index contributed by atoms with van der Waals surface area (Å²) in [5, 5.41) is 8.77. The van der Waals surface area contributed by atoms with E-state index in [2.05, 4.69) is 0 Å². The summed E-state index contributed by atoms with van der Waals surface area (Å²) in [6, 6.07) is 0. The zero-order valence-corrected chi connectivity index (χ0v) is 13.7. The molecule has 0 amide bonds. The molecule has 0 saturated heterocycles. The Hall–Kier alpha value is -1.93. The summed E-state index contributed by atoms with van der Waals surface area (Å²) in [4.78, 5) is 34.3. The smallest absolute Gasteiger partial charge is 0.347 e. The lowest BCUT2D eigenvalue weighted by Gasteiger charge is -2.14. The summed E-state index contributed by atoms with van der Waals surface area (Å²) in [6.07, 6.45) is -0.326. The van der Waals surface area contributed by atoms with E-state index >= 15 is 0 Å². The molecule has 0 aliphatic carbocycles. The quantitative estimate of drug-likeness (QED) is 0.319. The highest BCUT2D eigenvalue weighted by Gasteiger charge is 2.22. The zero-order valence-electron chi connectivity index (χ0n) is 13.7. The summed E-state index contributed by atoms with van der Waals surface area (Å²) in [5.74, 6) is -2.89. The van der Waals surface area contributed by atoms with Crippen LogP contribution in [0.15, 0.2) is 11.6 Å². The summed E-state index contributed by atoms with van der Waals surface area (Å²) < 4.78 is 19.9. The largest absolute Gasteiger partial charge is 0.478 e. The number of carboxylic acids is 1. The van der Waals surface area contributed by atoms with E-state index in [9.17, 15) is 14.4 Å². The number of aliphatic carboxylic acids is 1. The Bertz CT molecular complexity index is 416. The molecule has 8 heteroatoms. The number of carbonyl (C=O) groups excluding carboxylic acids is 2. The molecule has 0 spiro atoms. The fourth-order valence-electron chi connectivity index (χ4n) is 1.46. The Balaban J connectivity index is 4.47. The van der Waals surface area contributed by atoms with E-state index < -0.39 is 24.0 Å². The molecule has 1 N–H and O–H groups in total. The van der Waals surface area contributed by atoms with Crippen LogP contribution in [0.5, 0.6) is 0 Å². The molecule has 8 nitrogen and oxygen atoms in total. The van der Waals surface area contributed by atoms with Crippen molar-refractivity contribution in [1.29, 1.82) is 0 Å². The molecule has 0 unspecified atom stereocenters. The lowest BCUT2D eigenvalue weighted by molar-refractivity contribution is -0.165. The summed E-state index contributed by atoms with van der Waals surface area (Å²) in [7, 11) is 0. The lowest BCUT2D eigenvalue weighted by atomic mass is 10.2. The summed E-state index contributed by atoms with van der Waals surface area (Å²) in [5.41, 5.74) is -0.0834. The fraction of sp³-hybridized carbons (Fsp3) is 0.667. The predicted octanol–water partition coefficient (Wildman–Crippen LogP) is 0.935. The monoisotopic (exact) mass is 332 g/mol. The molecule has 0 aromatic heterocycles. The van der Waals surface area contributed by atoms with Crippen LogP contribution >= 0.6 is 0 Å². The molecule has 0 aliphatic rings. The highest BCUT2D eigenvalue weighted by molar-refractivity contribution is 5.96. The van der Waals surface area contributed by atoms with Crippen molar-refractivity contribution in [1.82, 2.24) is 0 Å². The topological polar surface area (TPSA) is 108 Å². The van der Waals surface area contributed by atoms with Gasteiger partial charge in [-0.2, -0.15) is 0 Å². The second kappa shape index (κ2) is 12.6. The first-order valence-corrected chi connectivity index (χ1v) is 7.38. The molecular weight excluding hydrogens is 308 g/mol. The van der Waals surface area contributed by atoms with E-state index in [1.54, 1.807) is 6.92 Å². The second-order valence-corrected chi connectivity index (χ2v) is 4.37. The van der Waals surface area contributed by atoms with Crippen molar-refractivity contribution in [2.75, 3.05) is 33.0 Å². The van der Waals surface area contributed by atoms with Crippen molar-refractivity contribution in [2.24, 2.45) is 0 Å². The average Bonchev–Trinajstić information content (AvgIpc) is 2.50. The van der Waals surface area contributed by atoms with Gasteiger partial charge in [0.2, 0.25) is 0 Å². The van der Waals surface area contributed by atoms with Crippen molar-refractivity contribution in [3.63, 3.8) is 0 Å². The molecule has 1 atom stereocenters. The Morgan fingerprint density at radius 2 is 1.65 bits per heavy atom. The van der Waals surface area contributed by atoms with Gasteiger partial charge in [-0.25, -0.2) is 14.4 Å². The van der Waals surface area contributed by atoms with E-state index in [1.807, 2.05) is 6.92 Å². The Morgan fingerprint density at radius 3 is 2.22 bits per heavy atom. The number of hydrogen-bond acceptors (Lipinski definition) is 7. The van der Waals surface area contributed by atoms with Crippen molar-refractivity contribution < 1.29 is 38.4 Å². The van der Waals surface area contributed by atoms with E-state index in [1.165, 1.54) is 6.92 Å². The molecule has 0 aromatic carbocycles. The van der Waals surface area contributed by atoms with E-state index in [0.717, 1.165) is 6.08 Å². The number of carbonyl (C=O) groups is 3. The highest BCUT2D eigenvalue weighted by Crippen LogP contribution is 2.08. The minimum atomic E-state index is -1.28. The van der Waals surface area contributed by atoms with Crippen molar-refractivity contribution >= 4 is 17.9 Å². The maximum atomic E-state index is 11.9. The molecule has 0 heterocycles. The van der Waals surface area contributed by atoms with Crippen LogP contribution in [0.3, 0.4) is 0 Å². The van der Waals surface area contributed by atoms with Gasteiger partial charge in [-0.3, -0.25) is 0 Å². The van der Waals surface area contributed by atoms with Crippen LogP contribution in [0.2, 0.25) is 0 Å². The average molecular weight is 332 g/mol. The molecule has 0 aliphatic heterocycles. The highest BCUT2D eigenvalue weighted by atomic mass is 16.6. The number of hydrogen-bond donors (Lipinski definition) is 1. The van der Waals surface area contributed by atoms with Crippen molar-refractivity contribution in [3.05, 3.63) is 11.6 Å². The van der Waals surface area contributed by atoms with E-state index in [-0.39, 0.29) is 31.8 Å². The molecule has 0 fully saturated rings. The molecule has 132 valence electrons. The summed E-state index contributed by atoms with van der Waals surface area (Å²) in [6.45, 7) is 6.37. The van der Waals surface area contributed by atoms with Crippen LogP contribution in [0.25, 0.3) is 0 Å². The number of ether oxygens (including phenoxy) is 4. The van der Waals surface area contributed by atoms with Gasteiger partial charge in [0.05, 0.1) is 13.2 Å². The fourth-order valence-corrected chi connectivity index (χ4v) is 1.46. The maximum absolute atomic E-state index is 11.9. The third-order valence-corrected chi connectivity index (χ3v) is 2.57. The predicted molar refractivity (Wildman–Crippen MR) is 79.8 cm³/mol. The third kappa shape index (κ3) is 10.4. The van der Waals surface area contributed by atoms with Crippen LogP contribution in [0.1, 0.15) is 27.2 Å². The van der Waals surface area contributed by atoms with Gasteiger partial charge in [0.15, 0.2) is 6.10 Å². The maximum Gasteiger partial charge on any atom is 0.347 e. The van der Waals surface area contributed by atoms with E-state index in [0.29, 0.717) is 13.2 Å². The van der Waals surface area contributed by atoms with Gasteiger partial charge in [0.1, 0.15) is 6.61 Å². The molecule has 0 bridgehead atoms. The second-order valence-electron chi connectivity index (χ2n) is 4.37. The van der Waals surface area contributed by atoms with Gasteiger partial charge >= 0.3 is 17.9 Å². The molecule has 23 heavy (non-hydrogen) atoms. The molecule has 0 aromatic rings.